The molecule has 2 heteroatoms. The lowest BCUT2D eigenvalue weighted by atomic mass is 10.2. The van der Waals surface area contributed by atoms with Crippen LogP contribution in [0.15, 0.2) is 0 Å². The Hall–Kier alpha value is -0.370. The van der Waals surface area contributed by atoms with Crippen LogP contribution in [0, 0.1) is 0 Å². The second-order valence-corrected chi connectivity index (χ2v) is 3.31. The molecule has 0 bridgehead atoms. The van der Waals surface area contributed by atoms with E-state index < -0.39 is 0 Å². The van der Waals surface area contributed by atoms with E-state index in [4.69, 9.17) is 0 Å². The van der Waals surface area contributed by atoms with Crippen LogP contribution in [-0.2, 0) is 0 Å². The first-order chi connectivity index (χ1) is 4.88. The molecule has 0 radical (unpaired) electrons. The minimum absolute atomic E-state index is 0.744. The minimum atomic E-state index is 0.744. The summed E-state index contributed by atoms with van der Waals surface area (Å²) < 4.78 is 2.49. The van der Waals surface area contributed by atoms with Gasteiger partial charge in [0.2, 0.25) is 6.17 Å². The van der Waals surface area contributed by atoms with Crippen LogP contribution in [0.5, 0.6) is 0 Å². The van der Waals surface area contributed by atoms with E-state index >= 15 is 0 Å². The number of fused-ring (bicyclic) bond motifs is 1. The summed E-state index contributed by atoms with van der Waals surface area (Å²) in [4.78, 5) is 2.47. The van der Waals surface area contributed by atoms with E-state index in [1.807, 2.05) is 0 Å². The van der Waals surface area contributed by atoms with E-state index in [0.717, 1.165) is 6.17 Å². The molecule has 2 heterocycles. The molecule has 2 aliphatic heterocycles. The molecule has 0 N–H and O–H groups in total. The molecule has 2 rings (SSSR count). The Morgan fingerprint density at radius 3 is 3.30 bits per heavy atom. The Morgan fingerprint density at radius 2 is 2.50 bits per heavy atom. The second kappa shape index (κ2) is 2.35. The topological polar surface area (TPSA) is 6.25 Å². The fourth-order valence-corrected chi connectivity index (χ4v) is 2.03. The average Bonchev–Trinajstić information content (AvgIpc) is 2.36. The van der Waals surface area contributed by atoms with Crippen LogP contribution >= 0.6 is 0 Å². The number of hydrogen-bond acceptors (Lipinski definition) is 1. The first kappa shape index (κ1) is 6.35. The summed E-state index contributed by atoms with van der Waals surface area (Å²) >= 11 is 0. The molecule has 0 aromatic carbocycles. The zero-order valence-corrected chi connectivity index (χ0v) is 6.58. The maximum absolute atomic E-state index is 2.49. The van der Waals surface area contributed by atoms with Crippen LogP contribution in [0.1, 0.15) is 19.3 Å². The Kier molecular flexibility index (Phi) is 1.49. The largest absolute Gasteiger partial charge is 0.248 e. The van der Waals surface area contributed by atoms with Gasteiger partial charge in [-0.05, 0) is 7.05 Å². The molecule has 1 atom stereocenters. The predicted molar refractivity (Wildman–Crippen MR) is 41.5 cm³/mol. The van der Waals surface area contributed by atoms with Crippen LogP contribution < -0.4 is 0 Å². The summed E-state index contributed by atoms with van der Waals surface area (Å²) in [7, 11) is 2.23. The van der Waals surface area contributed by atoms with Crippen LogP contribution in [-0.4, -0.2) is 42.0 Å². The minimum Gasteiger partial charge on any atom is -0.248 e. The fraction of sp³-hybridized carbons (Fsp3) is 0.875. The number of hydrogen-bond donors (Lipinski definition) is 0. The molecule has 0 amide bonds. The first-order valence-corrected chi connectivity index (χ1v) is 4.17. The third-order valence-electron chi connectivity index (χ3n) is 2.62. The summed E-state index contributed by atoms with van der Waals surface area (Å²) in [5.74, 6) is 0. The van der Waals surface area contributed by atoms with Crippen molar-refractivity contribution in [2.24, 2.45) is 0 Å². The van der Waals surface area contributed by atoms with Gasteiger partial charge in [-0.1, -0.05) is 0 Å². The van der Waals surface area contributed by atoms with Crippen molar-refractivity contribution >= 4 is 6.21 Å². The Balaban J connectivity index is 2.18. The van der Waals surface area contributed by atoms with Crippen molar-refractivity contribution in [3.63, 3.8) is 0 Å². The van der Waals surface area contributed by atoms with Gasteiger partial charge in [0.25, 0.3) is 0 Å². The molecule has 0 aromatic rings. The maximum Gasteiger partial charge on any atom is 0.208 e. The van der Waals surface area contributed by atoms with Crippen LogP contribution in [0.3, 0.4) is 0 Å². The van der Waals surface area contributed by atoms with Crippen molar-refractivity contribution < 1.29 is 4.58 Å². The van der Waals surface area contributed by atoms with Crippen molar-refractivity contribution in [3.05, 3.63) is 0 Å². The molecule has 0 aromatic heterocycles. The highest BCUT2D eigenvalue weighted by Crippen LogP contribution is 2.17. The highest BCUT2D eigenvalue weighted by atomic mass is 15.3. The van der Waals surface area contributed by atoms with Crippen molar-refractivity contribution in [2.45, 2.75) is 25.4 Å². The third kappa shape index (κ3) is 0.870. The summed E-state index contributed by atoms with van der Waals surface area (Å²) in [5, 5.41) is 0. The molecule has 0 spiro atoms. The third-order valence-corrected chi connectivity index (χ3v) is 2.62. The zero-order chi connectivity index (χ0) is 6.97. The second-order valence-electron chi connectivity index (χ2n) is 3.31. The van der Waals surface area contributed by atoms with Crippen molar-refractivity contribution in [3.8, 4) is 0 Å². The molecule has 1 unspecified atom stereocenters. The van der Waals surface area contributed by atoms with Crippen molar-refractivity contribution in [2.75, 3.05) is 20.1 Å². The predicted octanol–water partition coefficient (Wildman–Crippen LogP) is 0.525. The van der Waals surface area contributed by atoms with Gasteiger partial charge in [0.1, 0.15) is 12.8 Å². The quantitative estimate of drug-likeness (QED) is 0.444. The smallest absolute Gasteiger partial charge is 0.208 e. The molecule has 0 saturated carbocycles. The first-order valence-electron chi connectivity index (χ1n) is 4.17. The Morgan fingerprint density at radius 1 is 1.60 bits per heavy atom. The number of nitrogens with zero attached hydrogens (tertiary/aromatic N) is 2. The molecule has 0 aliphatic carbocycles. The maximum atomic E-state index is 2.49. The van der Waals surface area contributed by atoms with E-state index in [1.54, 1.807) is 0 Å². The van der Waals surface area contributed by atoms with E-state index in [-0.39, 0.29) is 0 Å². The van der Waals surface area contributed by atoms with E-state index in [9.17, 15) is 0 Å². The van der Waals surface area contributed by atoms with Gasteiger partial charge in [-0.25, -0.2) is 9.48 Å². The van der Waals surface area contributed by atoms with Gasteiger partial charge in [0.15, 0.2) is 0 Å². The van der Waals surface area contributed by atoms with Crippen LogP contribution in [0.2, 0.25) is 0 Å². The summed E-state index contributed by atoms with van der Waals surface area (Å²) in [5.41, 5.74) is 0. The summed E-state index contributed by atoms with van der Waals surface area (Å²) in [6, 6.07) is 0. The molecule has 2 aliphatic rings. The van der Waals surface area contributed by atoms with E-state index in [2.05, 4.69) is 22.7 Å². The normalized spacial score (nSPS) is 33.7. The molecular formula is C8H15N2+. The lowest BCUT2D eigenvalue weighted by Crippen LogP contribution is -2.42. The van der Waals surface area contributed by atoms with Gasteiger partial charge in [0, 0.05) is 25.8 Å². The van der Waals surface area contributed by atoms with E-state index in [1.165, 1.54) is 32.4 Å². The van der Waals surface area contributed by atoms with Crippen molar-refractivity contribution in [1.29, 1.82) is 0 Å². The molecule has 1 fully saturated rings. The monoisotopic (exact) mass is 139 g/mol. The summed E-state index contributed by atoms with van der Waals surface area (Å²) in [6.45, 7) is 2.54. The zero-order valence-electron chi connectivity index (χ0n) is 6.58. The SMILES string of the molecule is CN1CCC=[N+]2CCCC12. The summed E-state index contributed by atoms with van der Waals surface area (Å²) in [6.07, 6.45) is 7.11. The van der Waals surface area contributed by atoms with Gasteiger partial charge < -0.3 is 0 Å². The lowest BCUT2D eigenvalue weighted by Gasteiger charge is -2.23. The van der Waals surface area contributed by atoms with Gasteiger partial charge in [0.05, 0.1) is 0 Å². The van der Waals surface area contributed by atoms with Crippen molar-refractivity contribution in [1.82, 2.24) is 4.90 Å². The Labute approximate surface area is 62.1 Å². The molecule has 56 valence electrons. The Bertz CT molecular complexity index is 163. The fourth-order valence-electron chi connectivity index (χ4n) is 2.03. The molecular weight excluding hydrogens is 124 g/mol. The average molecular weight is 139 g/mol. The molecule has 1 saturated heterocycles. The van der Waals surface area contributed by atoms with Crippen LogP contribution in [0.4, 0.5) is 0 Å². The number of rotatable bonds is 0. The lowest BCUT2D eigenvalue weighted by molar-refractivity contribution is -0.569. The van der Waals surface area contributed by atoms with Gasteiger partial charge in [-0.15, -0.1) is 0 Å². The van der Waals surface area contributed by atoms with Gasteiger partial charge in [-0.3, -0.25) is 0 Å². The standard InChI is InChI=1S/C8H15N2/c1-9-5-3-7-10-6-2-4-8(9)10/h7-8H,2-6H2,1H3/q+1. The van der Waals surface area contributed by atoms with Gasteiger partial charge in [-0.2, -0.15) is 0 Å². The highest BCUT2D eigenvalue weighted by molar-refractivity contribution is 5.52. The van der Waals surface area contributed by atoms with E-state index in [0.29, 0.717) is 0 Å². The molecule has 2 nitrogen and oxygen atoms in total. The van der Waals surface area contributed by atoms with Gasteiger partial charge >= 0.3 is 0 Å². The molecule has 10 heavy (non-hydrogen) atoms. The van der Waals surface area contributed by atoms with Crippen LogP contribution in [0.25, 0.3) is 0 Å². The highest BCUT2D eigenvalue weighted by Gasteiger charge is 2.32.